The quantitative estimate of drug-likeness (QED) is 0.507. The van der Waals surface area contributed by atoms with Crippen molar-refractivity contribution in [1.29, 1.82) is 0 Å². The number of hydrogen-bond acceptors (Lipinski definition) is 4. The number of rotatable bonds is 7. The maximum absolute atomic E-state index is 5.94. The maximum Gasteiger partial charge on any atom is 0.161 e. The molecule has 0 unspecified atom stereocenters. The monoisotopic (exact) mass is 345 g/mol. The third kappa shape index (κ3) is 3.83. The molecule has 0 amide bonds. The van der Waals surface area contributed by atoms with E-state index < -0.39 is 0 Å². The van der Waals surface area contributed by atoms with Crippen LogP contribution >= 0.6 is 0 Å². The van der Waals surface area contributed by atoms with Crippen molar-refractivity contribution in [3.8, 4) is 22.9 Å². The predicted molar refractivity (Wildman–Crippen MR) is 99.4 cm³/mol. The summed E-state index contributed by atoms with van der Waals surface area (Å²) in [5, 5.41) is 0. The Morgan fingerprint density at radius 2 is 1.50 bits per heavy atom. The fourth-order valence-electron chi connectivity index (χ4n) is 2.70. The van der Waals surface area contributed by atoms with Crippen LogP contribution in [0, 0.1) is 0 Å². The van der Waals surface area contributed by atoms with Crippen molar-refractivity contribution < 1.29 is 9.47 Å². The molecule has 2 heterocycles. The van der Waals surface area contributed by atoms with E-state index in [9.17, 15) is 0 Å². The first-order valence-corrected chi connectivity index (χ1v) is 8.53. The van der Waals surface area contributed by atoms with Gasteiger partial charge in [0.1, 0.15) is 25.2 Å². The van der Waals surface area contributed by atoms with Crippen molar-refractivity contribution in [1.82, 2.24) is 14.5 Å². The molecule has 0 fully saturated rings. The first-order chi connectivity index (χ1) is 12.9. The Kier molecular flexibility index (Phi) is 4.78. The lowest BCUT2D eigenvalue weighted by Crippen LogP contribution is -2.09. The lowest BCUT2D eigenvalue weighted by Gasteiger charge is -2.14. The predicted octanol–water partition coefficient (Wildman–Crippen LogP) is 4.04. The largest absolute Gasteiger partial charge is 0.488 e. The summed E-state index contributed by atoms with van der Waals surface area (Å²) in [6.07, 6.45) is 5.54. The average molecular weight is 345 g/mol. The SMILES string of the molecule is c1ccc(COc2ccccc2OCCn2ccc3ncnc-3c2)cc1. The minimum absolute atomic E-state index is 0.516. The molecule has 0 N–H and O–H groups in total. The van der Waals surface area contributed by atoms with E-state index in [0.717, 1.165) is 35.0 Å². The molecule has 0 aliphatic carbocycles. The average Bonchev–Trinajstić information content (AvgIpc) is 3.16. The first kappa shape index (κ1) is 16.1. The summed E-state index contributed by atoms with van der Waals surface area (Å²) in [7, 11) is 0. The summed E-state index contributed by atoms with van der Waals surface area (Å²) < 4.78 is 13.9. The highest BCUT2D eigenvalue weighted by Crippen LogP contribution is 2.27. The van der Waals surface area contributed by atoms with E-state index in [4.69, 9.17) is 9.47 Å². The van der Waals surface area contributed by atoms with Crippen LogP contribution in [0.15, 0.2) is 79.4 Å². The molecule has 0 saturated carbocycles. The molecule has 2 aromatic rings. The number of ether oxygens (including phenoxy) is 2. The highest BCUT2D eigenvalue weighted by Gasteiger charge is 2.07. The molecule has 0 atom stereocenters. The molecular formula is C21H19N3O2. The van der Waals surface area contributed by atoms with Crippen molar-refractivity contribution in [2.45, 2.75) is 13.2 Å². The van der Waals surface area contributed by atoms with Crippen LogP contribution in [-0.2, 0) is 13.2 Å². The molecule has 4 rings (SSSR count). The lowest BCUT2D eigenvalue weighted by molar-refractivity contribution is 0.254. The second-order valence-corrected chi connectivity index (χ2v) is 5.90. The van der Waals surface area contributed by atoms with Gasteiger partial charge in [-0.25, -0.2) is 9.97 Å². The zero-order valence-electron chi connectivity index (χ0n) is 14.3. The zero-order chi connectivity index (χ0) is 17.6. The van der Waals surface area contributed by atoms with Crippen LogP contribution < -0.4 is 9.47 Å². The van der Waals surface area contributed by atoms with Crippen molar-refractivity contribution in [3.63, 3.8) is 0 Å². The van der Waals surface area contributed by atoms with Crippen LogP contribution in [0.5, 0.6) is 11.5 Å². The van der Waals surface area contributed by atoms with E-state index in [1.165, 1.54) is 0 Å². The van der Waals surface area contributed by atoms with E-state index in [1.54, 1.807) is 6.33 Å². The summed E-state index contributed by atoms with van der Waals surface area (Å²) in [4.78, 5) is 8.39. The molecule has 130 valence electrons. The Bertz CT molecular complexity index is 937. The van der Waals surface area contributed by atoms with Gasteiger partial charge in [-0.15, -0.1) is 0 Å². The van der Waals surface area contributed by atoms with Gasteiger partial charge in [0.15, 0.2) is 11.5 Å². The van der Waals surface area contributed by atoms with E-state index in [2.05, 4.69) is 9.97 Å². The summed E-state index contributed by atoms with van der Waals surface area (Å²) in [6.45, 7) is 1.77. The standard InChI is InChI=1S/C21H19N3O2/c1-2-6-17(7-3-1)15-26-21-9-5-4-8-20(21)25-13-12-24-11-10-18-19(14-24)23-16-22-18/h1-11,14,16H,12-13,15H2. The second-order valence-electron chi connectivity index (χ2n) is 5.90. The third-order valence-electron chi connectivity index (χ3n) is 4.06. The summed E-state index contributed by atoms with van der Waals surface area (Å²) >= 11 is 0. The third-order valence-corrected chi connectivity index (χ3v) is 4.06. The molecule has 2 aliphatic rings. The number of imidazole rings is 1. The Morgan fingerprint density at radius 3 is 2.35 bits per heavy atom. The van der Waals surface area contributed by atoms with Gasteiger partial charge in [0.2, 0.25) is 0 Å². The summed E-state index contributed by atoms with van der Waals surface area (Å²) in [6, 6.07) is 19.8. The number of benzene rings is 2. The smallest absolute Gasteiger partial charge is 0.161 e. The van der Waals surface area contributed by atoms with Gasteiger partial charge in [-0.2, -0.15) is 0 Å². The molecule has 0 spiro atoms. The molecule has 2 aliphatic heterocycles. The van der Waals surface area contributed by atoms with Crippen molar-refractivity contribution in [2.24, 2.45) is 0 Å². The number of aromatic nitrogens is 3. The molecule has 0 saturated heterocycles. The molecule has 0 bridgehead atoms. The van der Waals surface area contributed by atoms with Gasteiger partial charge in [0.25, 0.3) is 0 Å². The molecular weight excluding hydrogens is 326 g/mol. The van der Waals surface area contributed by atoms with Gasteiger partial charge in [-0.3, -0.25) is 0 Å². The zero-order valence-corrected chi connectivity index (χ0v) is 14.3. The number of pyridine rings is 1. The van der Waals surface area contributed by atoms with E-state index in [-0.39, 0.29) is 0 Å². The minimum Gasteiger partial charge on any atom is -0.488 e. The van der Waals surface area contributed by atoms with E-state index in [1.807, 2.05) is 77.6 Å². The fourth-order valence-corrected chi connectivity index (χ4v) is 2.70. The van der Waals surface area contributed by atoms with Crippen LogP contribution in [-0.4, -0.2) is 21.1 Å². The summed E-state index contributed by atoms with van der Waals surface area (Å²) in [5.41, 5.74) is 2.92. The number of hydrogen-bond donors (Lipinski definition) is 0. The van der Waals surface area contributed by atoms with Gasteiger partial charge in [-0.05, 0) is 23.8 Å². The van der Waals surface area contributed by atoms with Crippen molar-refractivity contribution >= 4 is 0 Å². The van der Waals surface area contributed by atoms with Crippen LogP contribution in [0.1, 0.15) is 5.56 Å². The highest BCUT2D eigenvalue weighted by atomic mass is 16.5. The maximum atomic E-state index is 5.94. The Balaban J connectivity index is 1.36. The Morgan fingerprint density at radius 1 is 0.769 bits per heavy atom. The Hall–Kier alpha value is -3.34. The Labute approximate surface area is 152 Å². The topological polar surface area (TPSA) is 49.2 Å². The molecule has 2 aromatic carbocycles. The van der Waals surface area contributed by atoms with Gasteiger partial charge in [-0.1, -0.05) is 42.5 Å². The van der Waals surface area contributed by atoms with Gasteiger partial charge in [0.05, 0.1) is 12.2 Å². The second kappa shape index (κ2) is 7.70. The van der Waals surface area contributed by atoms with E-state index in [0.29, 0.717) is 13.2 Å². The van der Waals surface area contributed by atoms with Crippen molar-refractivity contribution in [2.75, 3.05) is 6.61 Å². The van der Waals surface area contributed by atoms with E-state index >= 15 is 0 Å². The summed E-state index contributed by atoms with van der Waals surface area (Å²) in [5.74, 6) is 1.50. The molecule has 26 heavy (non-hydrogen) atoms. The molecule has 5 nitrogen and oxygen atoms in total. The molecule has 0 radical (unpaired) electrons. The molecule has 5 heteroatoms. The normalized spacial score (nSPS) is 10.8. The first-order valence-electron chi connectivity index (χ1n) is 8.53. The van der Waals surface area contributed by atoms with Crippen LogP contribution in [0.3, 0.4) is 0 Å². The van der Waals surface area contributed by atoms with Gasteiger partial charge >= 0.3 is 0 Å². The van der Waals surface area contributed by atoms with Gasteiger partial charge in [0, 0.05) is 12.4 Å². The van der Waals surface area contributed by atoms with Crippen LogP contribution in [0.25, 0.3) is 11.4 Å². The highest BCUT2D eigenvalue weighted by molar-refractivity contribution is 5.53. The fraction of sp³-hybridized carbons (Fsp3) is 0.143. The number of fused-ring (bicyclic) bond motifs is 1. The van der Waals surface area contributed by atoms with Crippen LogP contribution in [0.4, 0.5) is 0 Å². The van der Waals surface area contributed by atoms with Crippen molar-refractivity contribution in [3.05, 3.63) is 84.9 Å². The molecule has 0 aromatic heterocycles. The van der Waals surface area contributed by atoms with Crippen LogP contribution in [0.2, 0.25) is 0 Å². The number of para-hydroxylation sites is 2. The lowest BCUT2D eigenvalue weighted by atomic mass is 10.2. The number of nitrogens with zero attached hydrogens (tertiary/aromatic N) is 3. The minimum atomic E-state index is 0.516. The van der Waals surface area contributed by atoms with Gasteiger partial charge < -0.3 is 14.0 Å².